The van der Waals surface area contributed by atoms with Gasteiger partial charge in [0.15, 0.2) is 5.96 Å². The molecule has 0 aromatic heterocycles. The van der Waals surface area contributed by atoms with Gasteiger partial charge in [-0.05, 0) is 25.0 Å². The van der Waals surface area contributed by atoms with Crippen LogP contribution in [0, 0.1) is 5.82 Å². The molecule has 0 saturated carbocycles. The first-order valence-corrected chi connectivity index (χ1v) is 9.42. The summed E-state index contributed by atoms with van der Waals surface area (Å²) in [5.41, 5.74) is 0. The van der Waals surface area contributed by atoms with Gasteiger partial charge in [0.2, 0.25) is 0 Å². The van der Waals surface area contributed by atoms with Gasteiger partial charge >= 0.3 is 0 Å². The standard InChI is InChI=1S/C19H27FN4O3.HI/c1-21-19(22-7-13-26-16-5-2-4-15(20)14-16)24-10-8-23(9-11-24)18(25)17-6-3-12-27-17;/h2,4-5,14,17H,3,6-13H2,1H3,(H,21,22);1H. The molecule has 1 atom stereocenters. The number of hydrogen-bond donors (Lipinski definition) is 1. The minimum absolute atomic E-state index is 0. The second kappa shape index (κ2) is 11.4. The Labute approximate surface area is 182 Å². The number of amides is 1. The van der Waals surface area contributed by atoms with Crippen molar-refractivity contribution < 1.29 is 18.7 Å². The van der Waals surface area contributed by atoms with Gasteiger partial charge in [-0.25, -0.2) is 4.39 Å². The first-order valence-electron chi connectivity index (χ1n) is 9.42. The van der Waals surface area contributed by atoms with E-state index in [1.807, 2.05) is 4.90 Å². The molecule has 2 fully saturated rings. The van der Waals surface area contributed by atoms with Crippen LogP contribution < -0.4 is 10.1 Å². The Morgan fingerprint density at radius 1 is 1.32 bits per heavy atom. The molecule has 1 N–H and O–H groups in total. The van der Waals surface area contributed by atoms with Crippen molar-refractivity contribution >= 4 is 35.8 Å². The van der Waals surface area contributed by atoms with Gasteiger partial charge in [0.1, 0.15) is 24.3 Å². The summed E-state index contributed by atoms with van der Waals surface area (Å²) in [6.07, 6.45) is 1.53. The van der Waals surface area contributed by atoms with Gasteiger partial charge < -0.3 is 24.6 Å². The van der Waals surface area contributed by atoms with Gasteiger partial charge in [0.05, 0.1) is 6.54 Å². The lowest BCUT2D eigenvalue weighted by molar-refractivity contribution is -0.142. The maximum atomic E-state index is 13.1. The monoisotopic (exact) mass is 506 g/mol. The minimum Gasteiger partial charge on any atom is -0.492 e. The number of guanidine groups is 1. The van der Waals surface area contributed by atoms with Crippen LogP contribution in [0.15, 0.2) is 29.3 Å². The summed E-state index contributed by atoms with van der Waals surface area (Å²) in [7, 11) is 1.74. The number of nitrogens with one attached hydrogen (secondary N) is 1. The molecule has 1 amide bonds. The van der Waals surface area contributed by atoms with Crippen molar-refractivity contribution in [1.82, 2.24) is 15.1 Å². The Bertz CT molecular complexity index is 662. The fourth-order valence-corrected chi connectivity index (χ4v) is 3.34. The second-order valence-corrected chi connectivity index (χ2v) is 6.59. The third-order valence-corrected chi connectivity index (χ3v) is 4.76. The number of ether oxygens (including phenoxy) is 2. The first-order chi connectivity index (χ1) is 13.2. The SMILES string of the molecule is CN=C(NCCOc1cccc(F)c1)N1CCN(C(=O)C2CCCO2)CC1.I. The number of hydrogen-bond acceptors (Lipinski definition) is 4. The van der Waals surface area contributed by atoms with Crippen LogP contribution in [0.2, 0.25) is 0 Å². The van der Waals surface area contributed by atoms with Gasteiger partial charge in [-0.3, -0.25) is 9.79 Å². The van der Waals surface area contributed by atoms with E-state index in [0.29, 0.717) is 38.6 Å². The summed E-state index contributed by atoms with van der Waals surface area (Å²) in [4.78, 5) is 20.7. The van der Waals surface area contributed by atoms with Crippen LogP contribution >= 0.6 is 24.0 Å². The lowest BCUT2D eigenvalue weighted by atomic mass is 10.2. The number of aliphatic imine (C=N–C) groups is 1. The van der Waals surface area contributed by atoms with E-state index in [1.165, 1.54) is 12.1 Å². The molecule has 2 aliphatic rings. The number of benzene rings is 1. The predicted octanol–water partition coefficient (Wildman–Crippen LogP) is 1.72. The fourth-order valence-electron chi connectivity index (χ4n) is 3.34. The Kier molecular flexibility index (Phi) is 9.23. The normalized spacial score (nSPS) is 19.9. The molecule has 1 unspecified atom stereocenters. The van der Waals surface area contributed by atoms with Crippen molar-refractivity contribution in [2.45, 2.75) is 18.9 Å². The smallest absolute Gasteiger partial charge is 0.251 e. The molecule has 1 aromatic rings. The fraction of sp³-hybridized carbons (Fsp3) is 0.579. The van der Waals surface area contributed by atoms with Crippen molar-refractivity contribution in [2.24, 2.45) is 4.99 Å². The van der Waals surface area contributed by atoms with Gasteiger partial charge in [0, 0.05) is 45.9 Å². The molecule has 0 bridgehead atoms. The summed E-state index contributed by atoms with van der Waals surface area (Å²) in [6, 6.07) is 6.09. The van der Waals surface area contributed by atoms with Crippen molar-refractivity contribution in [3.8, 4) is 5.75 Å². The molecule has 0 aliphatic carbocycles. The summed E-state index contributed by atoms with van der Waals surface area (Å²) in [6.45, 7) is 4.42. The Hall–Kier alpha value is -1.62. The highest BCUT2D eigenvalue weighted by atomic mass is 127. The van der Waals surface area contributed by atoms with E-state index in [2.05, 4.69) is 15.2 Å². The minimum atomic E-state index is -0.313. The Balaban J connectivity index is 0.00000280. The number of nitrogens with zero attached hydrogens (tertiary/aromatic N) is 3. The van der Waals surface area contributed by atoms with Gasteiger partial charge in [-0.1, -0.05) is 6.07 Å². The molecule has 0 spiro atoms. The maximum Gasteiger partial charge on any atom is 0.251 e. The van der Waals surface area contributed by atoms with Crippen LogP contribution in [0.1, 0.15) is 12.8 Å². The molecule has 2 saturated heterocycles. The van der Waals surface area contributed by atoms with E-state index in [0.717, 1.165) is 31.9 Å². The zero-order valence-corrected chi connectivity index (χ0v) is 18.4. The number of rotatable bonds is 5. The average molecular weight is 506 g/mol. The molecule has 9 heteroatoms. The Morgan fingerprint density at radius 3 is 2.71 bits per heavy atom. The lowest BCUT2D eigenvalue weighted by Crippen LogP contribution is -2.55. The molecule has 2 heterocycles. The molecule has 0 radical (unpaired) electrons. The van der Waals surface area contributed by atoms with E-state index in [4.69, 9.17) is 9.47 Å². The van der Waals surface area contributed by atoms with Crippen LogP contribution in [0.4, 0.5) is 4.39 Å². The van der Waals surface area contributed by atoms with Crippen LogP contribution in [-0.4, -0.2) is 80.8 Å². The number of halogens is 2. The highest BCUT2D eigenvalue weighted by Gasteiger charge is 2.30. The highest BCUT2D eigenvalue weighted by Crippen LogP contribution is 2.16. The van der Waals surface area contributed by atoms with E-state index >= 15 is 0 Å². The van der Waals surface area contributed by atoms with Crippen LogP contribution in [-0.2, 0) is 9.53 Å². The van der Waals surface area contributed by atoms with Crippen LogP contribution in [0.25, 0.3) is 0 Å². The van der Waals surface area contributed by atoms with E-state index in [9.17, 15) is 9.18 Å². The molecule has 28 heavy (non-hydrogen) atoms. The Morgan fingerprint density at radius 2 is 2.07 bits per heavy atom. The third-order valence-electron chi connectivity index (χ3n) is 4.76. The average Bonchev–Trinajstić information content (AvgIpc) is 3.23. The zero-order valence-electron chi connectivity index (χ0n) is 16.1. The molecule has 2 aliphatic heterocycles. The first kappa shape index (κ1) is 22.7. The summed E-state index contributed by atoms with van der Waals surface area (Å²) in [5.74, 6) is 1.08. The topological polar surface area (TPSA) is 66.4 Å². The van der Waals surface area contributed by atoms with E-state index < -0.39 is 0 Å². The molecular weight excluding hydrogens is 478 g/mol. The summed E-state index contributed by atoms with van der Waals surface area (Å²) < 4.78 is 24.2. The molecular formula is C19H28FIN4O3. The van der Waals surface area contributed by atoms with Gasteiger partial charge in [-0.2, -0.15) is 0 Å². The van der Waals surface area contributed by atoms with Crippen LogP contribution in [0.5, 0.6) is 5.75 Å². The third kappa shape index (κ3) is 6.20. The van der Waals surface area contributed by atoms with E-state index in [-0.39, 0.29) is 41.8 Å². The quantitative estimate of drug-likeness (QED) is 0.285. The lowest BCUT2D eigenvalue weighted by Gasteiger charge is -2.37. The maximum absolute atomic E-state index is 13.1. The largest absolute Gasteiger partial charge is 0.492 e. The number of piperazine rings is 1. The molecule has 3 rings (SSSR count). The molecule has 1 aromatic carbocycles. The van der Waals surface area contributed by atoms with E-state index in [1.54, 1.807) is 19.2 Å². The number of carbonyl (C=O) groups excluding carboxylic acids is 1. The van der Waals surface area contributed by atoms with Crippen molar-refractivity contribution in [3.63, 3.8) is 0 Å². The molecule has 7 nitrogen and oxygen atoms in total. The highest BCUT2D eigenvalue weighted by molar-refractivity contribution is 14.0. The van der Waals surface area contributed by atoms with Crippen molar-refractivity contribution in [1.29, 1.82) is 0 Å². The zero-order chi connectivity index (χ0) is 19.1. The summed E-state index contributed by atoms with van der Waals surface area (Å²) in [5, 5.41) is 3.25. The predicted molar refractivity (Wildman–Crippen MR) is 116 cm³/mol. The number of carbonyl (C=O) groups is 1. The van der Waals surface area contributed by atoms with Crippen molar-refractivity contribution in [2.75, 3.05) is 53.0 Å². The second-order valence-electron chi connectivity index (χ2n) is 6.59. The van der Waals surface area contributed by atoms with Crippen LogP contribution in [0.3, 0.4) is 0 Å². The summed E-state index contributed by atoms with van der Waals surface area (Å²) >= 11 is 0. The van der Waals surface area contributed by atoms with Crippen molar-refractivity contribution in [3.05, 3.63) is 30.1 Å². The van der Waals surface area contributed by atoms with Gasteiger partial charge in [-0.15, -0.1) is 24.0 Å². The molecule has 156 valence electrons. The van der Waals surface area contributed by atoms with Gasteiger partial charge in [0.25, 0.3) is 5.91 Å².